The highest BCUT2D eigenvalue weighted by Crippen LogP contribution is 2.37. The zero-order valence-corrected chi connectivity index (χ0v) is 11.5. The van der Waals surface area contributed by atoms with Crippen molar-refractivity contribution < 1.29 is 0 Å². The van der Waals surface area contributed by atoms with Gasteiger partial charge in [-0.15, -0.1) is 21.8 Å². The van der Waals surface area contributed by atoms with Crippen molar-refractivity contribution in [2.24, 2.45) is 0 Å². The predicted molar refractivity (Wildman–Crippen MR) is 79.2 cm³/mol. The Morgan fingerprint density at radius 2 is 1.90 bits per heavy atom. The normalized spacial score (nSPS) is 12.2. The van der Waals surface area contributed by atoms with E-state index in [0.29, 0.717) is 5.88 Å². The summed E-state index contributed by atoms with van der Waals surface area (Å²) in [7, 11) is 0. The highest BCUT2D eigenvalue weighted by molar-refractivity contribution is 6.16. The molecule has 1 aliphatic rings. The van der Waals surface area contributed by atoms with E-state index in [1.807, 2.05) is 4.57 Å². The van der Waals surface area contributed by atoms with Crippen LogP contribution >= 0.6 is 11.6 Å². The third-order valence-electron chi connectivity index (χ3n) is 3.79. The second kappa shape index (κ2) is 4.46. The largest absolute Gasteiger partial charge is 0.285 e. The van der Waals surface area contributed by atoms with Crippen LogP contribution in [0, 0.1) is 0 Å². The molecule has 1 heterocycles. The number of hydrogen-bond donors (Lipinski definition) is 0. The number of fused-ring (bicyclic) bond motifs is 3. The Balaban J connectivity index is 1.83. The van der Waals surface area contributed by atoms with Crippen LogP contribution in [0.15, 0.2) is 48.8 Å². The standard InChI is InChI=1S/C16H12ClN3/c17-9-16-19-18-10-20(16)13-5-6-15-12(8-13)7-11-3-1-2-4-14(11)15/h1-6,8,10H,7,9H2. The van der Waals surface area contributed by atoms with Gasteiger partial charge in [-0.3, -0.25) is 4.57 Å². The van der Waals surface area contributed by atoms with E-state index < -0.39 is 0 Å². The van der Waals surface area contributed by atoms with Crippen LogP contribution in [0.3, 0.4) is 0 Å². The number of alkyl halides is 1. The minimum atomic E-state index is 0.358. The molecule has 0 unspecified atom stereocenters. The van der Waals surface area contributed by atoms with Crippen LogP contribution < -0.4 is 0 Å². The summed E-state index contributed by atoms with van der Waals surface area (Å²) in [6.45, 7) is 0. The molecule has 2 aromatic carbocycles. The summed E-state index contributed by atoms with van der Waals surface area (Å²) in [5.41, 5.74) is 6.47. The quantitative estimate of drug-likeness (QED) is 0.526. The molecule has 0 saturated heterocycles. The first kappa shape index (κ1) is 11.7. The Kier molecular flexibility index (Phi) is 2.60. The Labute approximate surface area is 121 Å². The Bertz CT molecular complexity index is 792. The fraction of sp³-hybridized carbons (Fsp3) is 0.125. The zero-order valence-electron chi connectivity index (χ0n) is 10.8. The van der Waals surface area contributed by atoms with E-state index in [4.69, 9.17) is 11.6 Å². The predicted octanol–water partition coefficient (Wildman–Crippen LogP) is 3.58. The highest BCUT2D eigenvalue weighted by Gasteiger charge is 2.18. The van der Waals surface area contributed by atoms with Crippen molar-refractivity contribution in [1.29, 1.82) is 0 Å². The molecule has 1 aliphatic carbocycles. The van der Waals surface area contributed by atoms with Gasteiger partial charge in [-0.1, -0.05) is 30.3 Å². The molecule has 0 bridgehead atoms. The molecule has 3 nitrogen and oxygen atoms in total. The maximum absolute atomic E-state index is 5.89. The lowest BCUT2D eigenvalue weighted by Gasteiger charge is -2.07. The third-order valence-corrected chi connectivity index (χ3v) is 4.03. The zero-order chi connectivity index (χ0) is 13.5. The van der Waals surface area contributed by atoms with Crippen LogP contribution in [-0.4, -0.2) is 14.8 Å². The fourth-order valence-electron chi connectivity index (χ4n) is 2.85. The van der Waals surface area contributed by atoms with Crippen molar-refractivity contribution in [3.63, 3.8) is 0 Å². The molecular weight excluding hydrogens is 270 g/mol. The smallest absolute Gasteiger partial charge is 0.152 e. The van der Waals surface area contributed by atoms with E-state index in [9.17, 15) is 0 Å². The number of hydrogen-bond acceptors (Lipinski definition) is 2. The van der Waals surface area contributed by atoms with E-state index >= 15 is 0 Å². The molecule has 0 saturated carbocycles. The van der Waals surface area contributed by atoms with Crippen molar-refractivity contribution in [3.05, 3.63) is 65.7 Å². The maximum Gasteiger partial charge on any atom is 0.152 e. The van der Waals surface area contributed by atoms with Gasteiger partial charge < -0.3 is 0 Å². The third kappa shape index (κ3) is 1.67. The molecule has 0 aliphatic heterocycles. The minimum Gasteiger partial charge on any atom is -0.285 e. The van der Waals surface area contributed by atoms with Crippen LogP contribution in [0.25, 0.3) is 16.8 Å². The number of nitrogens with zero attached hydrogens (tertiary/aromatic N) is 3. The molecule has 0 spiro atoms. The Morgan fingerprint density at radius 1 is 1.05 bits per heavy atom. The summed E-state index contributed by atoms with van der Waals surface area (Å²) >= 11 is 5.89. The molecule has 0 amide bonds. The van der Waals surface area contributed by atoms with E-state index in [1.54, 1.807) is 6.33 Å². The lowest BCUT2D eigenvalue weighted by molar-refractivity contribution is 0.949. The summed E-state index contributed by atoms with van der Waals surface area (Å²) in [5.74, 6) is 1.12. The Morgan fingerprint density at radius 3 is 2.80 bits per heavy atom. The minimum absolute atomic E-state index is 0.358. The molecule has 0 fully saturated rings. The SMILES string of the molecule is ClCc1nncn1-c1ccc2c(c1)Cc1ccccc1-2. The van der Waals surface area contributed by atoms with Crippen LogP contribution in [0.1, 0.15) is 17.0 Å². The molecule has 20 heavy (non-hydrogen) atoms. The second-order valence-electron chi connectivity index (χ2n) is 4.93. The van der Waals surface area contributed by atoms with Crippen LogP contribution in [-0.2, 0) is 12.3 Å². The highest BCUT2D eigenvalue weighted by atomic mass is 35.5. The summed E-state index contributed by atoms with van der Waals surface area (Å²) < 4.78 is 1.94. The van der Waals surface area contributed by atoms with Gasteiger partial charge in [0.05, 0.1) is 5.88 Å². The van der Waals surface area contributed by atoms with E-state index in [0.717, 1.165) is 17.9 Å². The molecule has 98 valence electrons. The van der Waals surface area contributed by atoms with Gasteiger partial charge in [0.1, 0.15) is 6.33 Å². The van der Waals surface area contributed by atoms with Gasteiger partial charge in [0.25, 0.3) is 0 Å². The molecule has 0 atom stereocenters. The summed E-state index contributed by atoms with van der Waals surface area (Å²) in [6.07, 6.45) is 2.69. The molecule has 0 radical (unpaired) electrons. The van der Waals surface area contributed by atoms with Gasteiger partial charge in [0, 0.05) is 5.69 Å². The van der Waals surface area contributed by atoms with Crippen molar-refractivity contribution in [2.75, 3.05) is 0 Å². The average Bonchev–Trinajstić information content (AvgIpc) is 3.10. The van der Waals surface area contributed by atoms with E-state index in [1.165, 1.54) is 22.3 Å². The summed E-state index contributed by atoms with van der Waals surface area (Å²) in [5, 5.41) is 7.96. The second-order valence-corrected chi connectivity index (χ2v) is 5.19. The van der Waals surface area contributed by atoms with Crippen LogP contribution in [0.5, 0.6) is 0 Å². The molecule has 0 N–H and O–H groups in total. The van der Waals surface area contributed by atoms with E-state index in [-0.39, 0.29) is 0 Å². The first-order valence-corrected chi connectivity index (χ1v) is 7.07. The lowest BCUT2D eigenvalue weighted by atomic mass is 10.1. The molecule has 1 aromatic heterocycles. The van der Waals surface area contributed by atoms with E-state index in [2.05, 4.69) is 52.7 Å². The molecule has 4 heteroatoms. The van der Waals surface area contributed by atoms with Crippen molar-refractivity contribution >= 4 is 11.6 Å². The van der Waals surface area contributed by atoms with Crippen molar-refractivity contribution in [1.82, 2.24) is 14.8 Å². The number of rotatable bonds is 2. The van der Waals surface area contributed by atoms with Gasteiger partial charge in [-0.05, 0) is 40.8 Å². The van der Waals surface area contributed by atoms with Crippen molar-refractivity contribution in [2.45, 2.75) is 12.3 Å². The van der Waals surface area contributed by atoms with Crippen molar-refractivity contribution in [3.8, 4) is 16.8 Å². The summed E-state index contributed by atoms with van der Waals surface area (Å²) in [4.78, 5) is 0. The number of halogens is 1. The number of benzene rings is 2. The molecular formula is C16H12ClN3. The maximum atomic E-state index is 5.89. The average molecular weight is 282 g/mol. The topological polar surface area (TPSA) is 30.7 Å². The van der Waals surface area contributed by atoms with Gasteiger partial charge in [-0.25, -0.2) is 0 Å². The number of aromatic nitrogens is 3. The molecule has 3 aromatic rings. The van der Waals surface area contributed by atoms with Gasteiger partial charge in [0.2, 0.25) is 0 Å². The van der Waals surface area contributed by atoms with Crippen LogP contribution in [0.4, 0.5) is 0 Å². The van der Waals surface area contributed by atoms with Gasteiger partial charge >= 0.3 is 0 Å². The first-order valence-electron chi connectivity index (χ1n) is 6.53. The van der Waals surface area contributed by atoms with Gasteiger partial charge in [-0.2, -0.15) is 0 Å². The first-order chi connectivity index (χ1) is 9.86. The van der Waals surface area contributed by atoms with Gasteiger partial charge in [0.15, 0.2) is 5.82 Å². The monoisotopic (exact) mass is 281 g/mol. The Hall–Kier alpha value is -2.13. The van der Waals surface area contributed by atoms with Crippen LogP contribution in [0.2, 0.25) is 0 Å². The lowest BCUT2D eigenvalue weighted by Crippen LogP contribution is -1.98. The summed E-state index contributed by atoms with van der Waals surface area (Å²) in [6, 6.07) is 15.0. The molecule has 4 rings (SSSR count). The fourth-order valence-corrected chi connectivity index (χ4v) is 3.03.